The van der Waals surface area contributed by atoms with Gasteiger partial charge in [0, 0.05) is 13.5 Å². The van der Waals surface area contributed by atoms with Crippen LogP contribution in [0.25, 0.3) is 0 Å². The molecule has 23 heavy (non-hydrogen) atoms. The quantitative estimate of drug-likeness (QED) is 0.875. The summed E-state index contributed by atoms with van der Waals surface area (Å²) >= 11 is 0. The number of fused-ring (bicyclic) bond motifs is 1. The Morgan fingerprint density at radius 2 is 1.96 bits per heavy atom. The number of hydrogen-bond acceptors (Lipinski definition) is 5. The van der Waals surface area contributed by atoms with E-state index in [1.165, 1.54) is 9.13 Å². The largest absolute Gasteiger partial charge is 0.497 e. The van der Waals surface area contributed by atoms with Crippen molar-refractivity contribution in [3.8, 4) is 5.75 Å². The van der Waals surface area contributed by atoms with Crippen molar-refractivity contribution in [2.45, 2.75) is 13.0 Å². The average molecular weight is 315 g/mol. The molecular formula is C16H17N3O4. The summed E-state index contributed by atoms with van der Waals surface area (Å²) in [4.78, 5) is 29.2. The molecule has 0 unspecified atom stereocenters. The minimum atomic E-state index is -0.424. The third-order valence-electron chi connectivity index (χ3n) is 3.94. The van der Waals surface area contributed by atoms with Gasteiger partial charge in [-0.15, -0.1) is 0 Å². The number of ether oxygens (including phenoxy) is 1. The highest BCUT2D eigenvalue weighted by molar-refractivity contribution is 5.93. The van der Waals surface area contributed by atoms with Gasteiger partial charge in [-0.05, 0) is 17.7 Å². The van der Waals surface area contributed by atoms with Gasteiger partial charge < -0.3 is 9.84 Å². The van der Waals surface area contributed by atoms with Gasteiger partial charge in [-0.3, -0.25) is 13.9 Å². The van der Waals surface area contributed by atoms with Gasteiger partial charge in [0.2, 0.25) is 0 Å². The van der Waals surface area contributed by atoms with E-state index in [9.17, 15) is 14.7 Å². The Bertz CT molecular complexity index is 891. The van der Waals surface area contributed by atoms with Crippen molar-refractivity contribution in [2.75, 3.05) is 13.7 Å². The monoisotopic (exact) mass is 315 g/mol. The molecule has 0 atom stereocenters. The second kappa shape index (κ2) is 5.85. The summed E-state index contributed by atoms with van der Waals surface area (Å²) in [5.41, 5.74) is 0.990. The summed E-state index contributed by atoms with van der Waals surface area (Å²) in [5.74, 6) is 1.05. The van der Waals surface area contributed by atoms with E-state index in [4.69, 9.17) is 4.74 Å². The van der Waals surface area contributed by atoms with Gasteiger partial charge in [0.1, 0.15) is 11.6 Å². The summed E-state index contributed by atoms with van der Waals surface area (Å²) in [6.07, 6.45) is 0.279. The van der Waals surface area contributed by atoms with Crippen LogP contribution in [0.2, 0.25) is 0 Å². The smallest absolute Gasteiger partial charge is 0.332 e. The normalized spacial score (nSPS) is 12.9. The fraction of sp³-hybridized carbons (Fsp3) is 0.312. The molecule has 0 saturated heterocycles. The maximum Gasteiger partial charge on any atom is 0.332 e. The average Bonchev–Trinajstić information content (AvgIpc) is 3.02. The van der Waals surface area contributed by atoms with E-state index in [2.05, 4.69) is 4.99 Å². The van der Waals surface area contributed by atoms with Gasteiger partial charge in [-0.2, -0.15) is 0 Å². The second-order valence-corrected chi connectivity index (χ2v) is 5.40. The van der Waals surface area contributed by atoms with E-state index < -0.39 is 5.69 Å². The molecule has 7 heteroatoms. The summed E-state index contributed by atoms with van der Waals surface area (Å²) in [7, 11) is 3.16. The zero-order valence-corrected chi connectivity index (χ0v) is 12.9. The summed E-state index contributed by atoms with van der Waals surface area (Å²) in [5, 5.41) is 9.20. The maximum atomic E-state index is 12.6. The van der Waals surface area contributed by atoms with Gasteiger partial charge in [0.25, 0.3) is 5.56 Å². The molecule has 1 N–H and O–H groups in total. The van der Waals surface area contributed by atoms with Crippen LogP contribution in [0.1, 0.15) is 11.1 Å². The molecule has 0 bridgehead atoms. The van der Waals surface area contributed by atoms with Crippen LogP contribution in [0.3, 0.4) is 0 Å². The minimum absolute atomic E-state index is 0.178. The molecule has 1 aliphatic heterocycles. The molecule has 0 radical (unpaired) electrons. The highest BCUT2D eigenvalue weighted by atomic mass is 16.5. The van der Waals surface area contributed by atoms with E-state index in [-0.39, 0.29) is 25.1 Å². The number of benzene rings is 1. The van der Waals surface area contributed by atoms with Crippen LogP contribution in [-0.2, 0) is 20.0 Å². The summed E-state index contributed by atoms with van der Waals surface area (Å²) in [6.45, 7) is -0.0436. The van der Waals surface area contributed by atoms with E-state index >= 15 is 0 Å². The van der Waals surface area contributed by atoms with Crippen molar-refractivity contribution >= 4 is 11.5 Å². The first kappa shape index (κ1) is 15.2. The Hall–Kier alpha value is -2.67. The molecule has 1 aliphatic rings. The van der Waals surface area contributed by atoms with Gasteiger partial charge in [-0.25, -0.2) is 9.79 Å². The first-order valence-electron chi connectivity index (χ1n) is 7.18. The Kier molecular flexibility index (Phi) is 3.87. The van der Waals surface area contributed by atoms with Crippen molar-refractivity contribution < 1.29 is 9.84 Å². The van der Waals surface area contributed by atoms with E-state index in [1.54, 1.807) is 26.3 Å². The molecule has 3 rings (SSSR count). The molecule has 7 nitrogen and oxygen atoms in total. The SMILES string of the molecule is COc1ccc(Cn2c(=O)c3c(n(C)c2=O)N=C(CO)C3)cc1. The van der Waals surface area contributed by atoms with Gasteiger partial charge >= 0.3 is 5.69 Å². The minimum Gasteiger partial charge on any atom is -0.497 e. The van der Waals surface area contributed by atoms with E-state index in [1.807, 2.05) is 12.1 Å². The van der Waals surface area contributed by atoms with Crippen LogP contribution in [0.4, 0.5) is 5.82 Å². The van der Waals surface area contributed by atoms with Crippen LogP contribution in [0.15, 0.2) is 38.8 Å². The highest BCUT2D eigenvalue weighted by Crippen LogP contribution is 2.21. The van der Waals surface area contributed by atoms with Crippen molar-refractivity contribution in [3.05, 3.63) is 56.2 Å². The Balaban J connectivity index is 2.04. The third-order valence-corrected chi connectivity index (χ3v) is 3.94. The van der Waals surface area contributed by atoms with E-state index in [0.717, 1.165) is 5.56 Å². The molecular weight excluding hydrogens is 298 g/mol. The predicted octanol–water partition coefficient (Wildman–Crippen LogP) is 0.225. The lowest BCUT2D eigenvalue weighted by molar-refractivity contribution is 0.356. The molecule has 1 aromatic heterocycles. The number of methoxy groups -OCH3 is 1. The van der Waals surface area contributed by atoms with Gasteiger partial charge in [-0.1, -0.05) is 12.1 Å². The fourth-order valence-electron chi connectivity index (χ4n) is 2.65. The molecule has 2 heterocycles. The molecule has 0 spiro atoms. The number of aliphatic imine (C=N–C) groups is 1. The molecule has 0 saturated carbocycles. The van der Waals surface area contributed by atoms with Gasteiger partial charge in [0.15, 0.2) is 0 Å². The Morgan fingerprint density at radius 3 is 2.57 bits per heavy atom. The topological polar surface area (TPSA) is 85.8 Å². The standard InChI is InChI=1S/C16H17N3O4/c1-18-14-13(7-11(9-20)17-14)15(21)19(16(18)22)8-10-3-5-12(23-2)6-4-10/h3-6,20H,7-9H2,1-2H3. The zero-order valence-electron chi connectivity index (χ0n) is 12.9. The summed E-state index contributed by atoms with van der Waals surface area (Å²) < 4.78 is 7.64. The summed E-state index contributed by atoms with van der Waals surface area (Å²) in [6, 6.07) is 7.19. The second-order valence-electron chi connectivity index (χ2n) is 5.40. The van der Waals surface area contributed by atoms with Crippen LogP contribution in [-0.4, -0.2) is 33.7 Å². The van der Waals surface area contributed by atoms with Crippen molar-refractivity contribution in [2.24, 2.45) is 12.0 Å². The Labute approximate surface area is 132 Å². The number of hydrogen-bond donors (Lipinski definition) is 1. The van der Waals surface area contributed by atoms with Crippen LogP contribution < -0.4 is 16.0 Å². The predicted molar refractivity (Wildman–Crippen MR) is 85.9 cm³/mol. The molecule has 120 valence electrons. The van der Waals surface area contributed by atoms with Gasteiger partial charge in [0.05, 0.1) is 31.5 Å². The van der Waals surface area contributed by atoms with Crippen molar-refractivity contribution in [1.82, 2.24) is 9.13 Å². The zero-order chi connectivity index (χ0) is 16.6. The van der Waals surface area contributed by atoms with Crippen molar-refractivity contribution in [3.63, 3.8) is 0 Å². The number of rotatable bonds is 4. The van der Waals surface area contributed by atoms with Crippen LogP contribution in [0, 0.1) is 0 Å². The Morgan fingerprint density at radius 1 is 1.26 bits per heavy atom. The lowest BCUT2D eigenvalue weighted by Gasteiger charge is -2.11. The fourth-order valence-corrected chi connectivity index (χ4v) is 2.65. The third kappa shape index (κ3) is 2.59. The number of aromatic nitrogens is 2. The van der Waals surface area contributed by atoms with Crippen molar-refractivity contribution in [1.29, 1.82) is 0 Å². The number of aliphatic hydroxyl groups is 1. The highest BCUT2D eigenvalue weighted by Gasteiger charge is 2.23. The number of nitrogens with zero attached hydrogens (tertiary/aromatic N) is 3. The first-order chi connectivity index (χ1) is 11.0. The molecule has 1 aromatic carbocycles. The maximum absolute atomic E-state index is 12.6. The molecule has 0 aliphatic carbocycles. The molecule has 0 amide bonds. The first-order valence-corrected chi connectivity index (χ1v) is 7.18. The number of aliphatic hydroxyl groups excluding tert-OH is 1. The van der Waals surface area contributed by atoms with Crippen LogP contribution >= 0.6 is 0 Å². The molecule has 2 aromatic rings. The lowest BCUT2D eigenvalue weighted by Crippen LogP contribution is -2.40. The molecule has 0 fully saturated rings. The lowest BCUT2D eigenvalue weighted by atomic mass is 10.2. The van der Waals surface area contributed by atoms with Crippen LogP contribution in [0.5, 0.6) is 5.75 Å². The van der Waals surface area contributed by atoms with E-state index in [0.29, 0.717) is 22.8 Å².